The molecule has 0 spiro atoms. The van der Waals surface area contributed by atoms with Crippen LogP contribution in [0.3, 0.4) is 0 Å². The second kappa shape index (κ2) is 10.3. The molecule has 0 unspecified atom stereocenters. The Labute approximate surface area is 163 Å². The van der Waals surface area contributed by atoms with E-state index in [0.29, 0.717) is 30.2 Å². The standard InChI is InChI=1S/C21H23F2NO4/c1-4-24(14-15-9-11-18(26-2)19(13-15)27-3)20(25)12-10-16-7-5-6-8-17(16)28-21(22)23/h5-13,21H,4,14H2,1-3H3/b12-10+. The zero-order chi connectivity index (χ0) is 20.5. The number of benzene rings is 2. The van der Waals surface area contributed by atoms with Crippen molar-refractivity contribution >= 4 is 12.0 Å². The lowest BCUT2D eigenvalue weighted by molar-refractivity contribution is -0.126. The van der Waals surface area contributed by atoms with Gasteiger partial charge in [0, 0.05) is 24.7 Å². The Kier molecular flexibility index (Phi) is 7.80. The highest BCUT2D eigenvalue weighted by Crippen LogP contribution is 2.28. The van der Waals surface area contributed by atoms with Crippen molar-refractivity contribution < 1.29 is 27.8 Å². The van der Waals surface area contributed by atoms with Crippen LogP contribution in [0.5, 0.6) is 17.2 Å². The SMILES string of the molecule is CCN(Cc1ccc(OC)c(OC)c1)C(=O)/C=C/c1ccccc1OC(F)F. The normalized spacial score (nSPS) is 10.9. The Bertz CT molecular complexity index is 824. The molecular weight excluding hydrogens is 368 g/mol. The number of hydrogen-bond donors (Lipinski definition) is 0. The molecule has 2 aromatic rings. The van der Waals surface area contributed by atoms with Gasteiger partial charge in [0.05, 0.1) is 14.2 Å². The maximum Gasteiger partial charge on any atom is 0.387 e. The van der Waals surface area contributed by atoms with E-state index in [1.54, 1.807) is 43.4 Å². The Hall–Kier alpha value is -3.09. The van der Waals surface area contributed by atoms with Crippen LogP contribution in [-0.4, -0.2) is 38.2 Å². The van der Waals surface area contributed by atoms with Gasteiger partial charge < -0.3 is 19.1 Å². The topological polar surface area (TPSA) is 48.0 Å². The highest BCUT2D eigenvalue weighted by Gasteiger charge is 2.12. The van der Waals surface area contributed by atoms with Crippen LogP contribution < -0.4 is 14.2 Å². The van der Waals surface area contributed by atoms with Crippen LogP contribution in [0.1, 0.15) is 18.1 Å². The first-order valence-corrected chi connectivity index (χ1v) is 8.70. The van der Waals surface area contributed by atoms with Crippen LogP contribution >= 0.6 is 0 Å². The molecule has 2 rings (SSSR count). The first-order chi connectivity index (χ1) is 13.5. The van der Waals surface area contributed by atoms with E-state index in [9.17, 15) is 13.6 Å². The van der Waals surface area contributed by atoms with Crippen molar-refractivity contribution in [2.75, 3.05) is 20.8 Å². The van der Waals surface area contributed by atoms with Gasteiger partial charge in [-0.3, -0.25) is 4.79 Å². The smallest absolute Gasteiger partial charge is 0.387 e. The van der Waals surface area contributed by atoms with Gasteiger partial charge in [0.1, 0.15) is 5.75 Å². The van der Waals surface area contributed by atoms with Gasteiger partial charge in [0.15, 0.2) is 11.5 Å². The summed E-state index contributed by atoms with van der Waals surface area (Å²) >= 11 is 0. The van der Waals surface area contributed by atoms with Crippen molar-refractivity contribution in [2.45, 2.75) is 20.1 Å². The minimum atomic E-state index is -2.93. The average Bonchev–Trinajstić information content (AvgIpc) is 2.70. The minimum Gasteiger partial charge on any atom is -0.493 e. The summed E-state index contributed by atoms with van der Waals surface area (Å²) in [5, 5.41) is 0. The molecule has 0 N–H and O–H groups in total. The first kappa shape index (κ1) is 21.2. The largest absolute Gasteiger partial charge is 0.493 e. The Balaban J connectivity index is 2.13. The van der Waals surface area contributed by atoms with Gasteiger partial charge in [-0.2, -0.15) is 8.78 Å². The fourth-order valence-electron chi connectivity index (χ4n) is 2.63. The van der Waals surface area contributed by atoms with E-state index in [2.05, 4.69) is 4.74 Å². The zero-order valence-corrected chi connectivity index (χ0v) is 16.0. The summed E-state index contributed by atoms with van der Waals surface area (Å²) in [7, 11) is 3.10. The van der Waals surface area contributed by atoms with Crippen LogP contribution in [0, 0.1) is 0 Å². The van der Waals surface area contributed by atoms with Crippen molar-refractivity contribution in [3.05, 3.63) is 59.7 Å². The summed E-state index contributed by atoms with van der Waals surface area (Å²) in [6, 6.07) is 11.7. The second-order valence-electron chi connectivity index (χ2n) is 5.79. The minimum absolute atomic E-state index is 0.0180. The number of ether oxygens (including phenoxy) is 3. The van der Waals surface area contributed by atoms with Crippen LogP contribution in [0.15, 0.2) is 48.5 Å². The molecule has 0 saturated heterocycles. The summed E-state index contributed by atoms with van der Waals surface area (Å²) < 4.78 is 40.0. The van der Waals surface area contributed by atoms with Crippen molar-refractivity contribution in [3.8, 4) is 17.2 Å². The number of para-hydroxylation sites is 1. The Morgan fingerprint density at radius 2 is 1.79 bits per heavy atom. The molecule has 0 fully saturated rings. The number of amides is 1. The van der Waals surface area contributed by atoms with Gasteiger partial charge in [0.2, 0.25) is 5.91 Å². The molecule has 28 heavy (non-hydrogen) atoms. The lowest BCUT2D eigenvalue weighted by atomic mass is 10.1. The van der Waals surface area contributed by atoms with Gasteiger partial charge in [-0.1, -0.05) is 24.3 Å². The molecule has 1 amide bonds. The Morgan fingerprint density at radius 1 is 1.07 bits per heavy atom. The summed E-state index contributed by atoms with van der Waals surface area (Å²) in [6.45, 7) is -0.218. The van der Waals surface area contributed by atoms with E-state index in [0.717, 1.165) is 5.56 Å². The highest BCUT2D eigenvalue weighted by atomic mass is 19.3. The van der Waals surface area contributed by atoms with Crippen LogP contribution in [0.2, 0.25) is 0 Å². The monoisotopic (exact) mass is 391 g/mol. The maximum absolute atomic E-state index is 12.6. The third-order valence-electron chi connectivity index (χ3n) is 4.06. The van der Waals surface area contributed by atoms with Gasteiger partial charge >= 0.3 is 6.61 Å². The predicted octanol–water partition coefficient (Wildman–Crippen LogP) is 4.37. The molecule has 7 heteroatoms. The maximum atomic E-state index is 12.6. The molecule has 0 atom stereocenters. The summed E-state index contributed by atoms with van der Waals surface area (Å²) in [6.07, 6.45) is 2.81. The number of methoxy groups -OCH3 is 2. The third kappa shape index (κ3) is 5.70. The van der Waals surface area contributed by atoms with E-state index < -0.39 is 6.61 Å². The third-order valence-corrected chi connectivity index (χ3v) is 4.06. The molecule has 0 radical (unpaired) electrons. The molecule has 0 saturated carbocycles. The molecule has 150 valence electrons. The molecule has 0 bridgehead atoms. The fraction of sp³-hybridized carbons (Fsp3) is 0.286. The van der Waals surface area contributed by atoms with Gasteiger partial charge in [-0.25, -0.2) is 0 Å². The van der Waals surface area contributed by atoms with Gasteiger partial charge in [-0.15, -0.1) is 0 Å². The molecule has 0 aliphatic heterocycles. The predicted molar refractivity (Wildman–Crippen MR) is 103 cm³/mol. The van der Waals surface area contributed by atoms with Crippen molar-refractivity contribution in [2.24, 2.45) is 0 Å². The summed E-state index contributed by atoms with van der Waals surface area (Å²) in [4.78, 5) is 14.2. The molecule has 2 aromatic carbocycles. The van der Waals surface area contributed by atoms with Gasteiger partial charge in [-0.05, 0) is 36.8 Å². The molecule has 0 aromatic heterocycles. The van der Waals surface area contributed by atoms with E-state index in [4.69, 9.17) is 9.47 Å². The van der Waals surface area contributed by atoms with Crippen LogP contribution in [-0.2, 0) is 11.3 Å². The first-order valence-electron chi connectivity index (χ1n) is 8.70. The van der Waals surface area contributed by atoms with Crippen LogP contribution in [0.25, 0.3) is 6.08 Å². The number of nitrogens with zero attached hydrogens (tertiary/aromatic N) is 1. The molecular formula is C21H23F2NO4. The van der Waals surface area contributed by atoms with Crippen LogP contribution in [0.4, 0.5) is 8.78 Å². The Morgan fingerprint density at radius 3 is 2.43 bits per heavy atom. The summed E-state index contributed by atoms with van der Waals surface area (Å²) in [5.41, 5.74) is 1.28. The lowest BCUT2D eigenvalue weighted by Crippen LogP contribution is -2.28. The number of carbonyl (C=O) groups is 1. The number of alkyl halides is 2. The molecule has 0 heterocycles. The quantitative estimate of drug-likeness (QED) is 0.596. The average molecular weight is 391 g/mol. The number of carbonyl (C=O) groups excluding carboxylic acids is 1. The molecule has 0 aliphatic carbocycles. The number of hydrogen-bond acceptors (Lipinski definition) is 4. The van der Waals surface area contributed by atoms with Crippen molar-refractivity contribution in [3.63, 3.8) is 0 Å². The van der Waals surface area contributed by atoms with Crippen molar-refractivity contribution in [1.29, 1.82) is 0 Å². The number of rotatable bonds is 9. The van der Waals surface area contributed by atoms with Crippen molar-refractivity contribution in [1.82, 2.24) is 4.90 Å². The van der Waals surface area contributed by atoms with E-state index in [1.165, 1.54) is 18.2 Å². The number of halogens is 2. The van der Waals surface area contributed by atoms with E-state index in [-0.39, 0.29) is 11.7 Å². The molecule has 0 aliphatic rings. The number of likely N-dealkylation sites (N-methyl/N-ethyl adjacent to an activating group) is 1. The zero-order valence-electron chi connectivity index (χ0n) is 16.0. The van der Waals surface area contributed by atoms with E-state index >= 15 is 0 Å². The second-order valence-corrected chi connectivity index (χ2v) is 5.79. The summed E-state index contributed by atoms with van der Waals surface area (Å²) in [5.74, 6) is 0.960. The van der Waals surface area contributed by atoms with Gasteiger partial charge in [0.25, 0.3) is 0 Å². The lowest BCUT2D eigenvalue weighted by Gasteiger charge is -2.20. The molecule has 5 nitrogen and oxygen atoms in total. The van der Waals surface area contributed by atoms with E-state index in [1.807, 2.05) is 19.1 Å². The fourth-order valence-corrected chi connectivity index (χ4v) is 2.63. The highest BCUT2D eigenvalue weighted by molar-refractivity contribution is 5.92.